The topological polar surface area (TPSA) is 54.4 Å². The summed E-state index contributed by atoms with van der Waals surface area (Å²) in [6.07, 6.45) is 6.82. The summed E-state index contributed by atoms with van der Waals surface area (Å²) in [6, 6.07) is 0. The Kier molecular flexibility index (Phi) is 5.96. The third kappa shape index (κ3) is 3.79. The number of aliphatic hydroxyl groups is 1. The van der Waals surface area contributed by atoms with Gasteiger partial charge in [-0.2, -0.15) is 0 Å². The van der Waals surface area contributed by atoms with Gasteiger partial charge in [-0.05, 0) is 45.6 Å². The Labute approximate surface area is 125 Å². The number of nitrogens with zero attached hydrogens (tertiary/aromatic N) is 1. The van der Waals surface area contributed by atoms with Crippen molar-refractivity contribution in [1.29, 1.82) is 0 Å². The molecule has 1 aliphatic heterocycles. The summed E-state index contributed by atoms with van der Waals surface area (Å²) in [6.45, 7) is 4.76. The molecule has 1 saturated heterocycles. The van der Waals surface area contributed by atoms with Crippen LogP contribution in [-0.2, 0) is 10.3 Å². The van der Waals surface area contributed by atoms with E-state index in [1.54, 1.807) is 18.4 Å². The van der Waals surface area contributed by atoms with Crippen LogP contribution in [0.15, 0.2) is 6.20 Å². The molecule has 1 aliphatic rings. The van der Waals surface area contributed by atoms with Crippen LogP contribution in [0, 0.1) is 12.8 Å². The fourth-order valence-corrected chi connectivity index (χ4v) is 3.90. The first-order valence-corrected chi connectivity index (χ1v) is 8.33. The quantitative estimate of drug-likeness (QED) is 0.759. The van der Waals surface area contributed by atoms with Crippen LogP contribution in [-0.4, -0.2) is 36.9 Å². The lowest BCUT2D eigenvalue weighted by molar-refractivity contribution is -0.0435. The maximum absolute atomic E-state index is 11.3. The first kappa shape index (κ1) is 15.9. The number of hydrogen-bond donors (Lipinski definition) is 2. The summed E-state index contributed by atoms with van der Waals surface area (Å²) < 4.78 is 5.10. The standard InChI is InChI=1S/C15H26N2O2S/c1-12-10-17-14(20-12)15(18,7-3-4-9-19-2)13-6-5-8-16-11-13/h10,13,16,18H,3-9,11H2,1-2H3/t13-,15+/m1/s1. The molecule has 0 radical (unpaired) electrons. The minimum Gasteiger partial charge on any atom is -0.385 e. The van der Waals surface area contributed by atoms with E-state index in [0.29, 0.717) is 0 Å². The molecule has 0 amide bonds. The predicted octanol–water partition coefficient (Wildman–Crippen LogP) is 2.46. The number of aryl methyl sites for hydroxylation is 1. The van der Waals surface area contributed by atoms with Crippen molar-refractivity contribution in [2.75, 3.05) is 26.8 Å². The number of rotatable bonds is 7. The lowest BCUT2D eigenvalue weighted by Gasteiger charge is -2.37. The number of ether oxygens (including phenoxy) is 1. The highest BCUT2D eigenvalue weighted by molar-refractivity contribution is 7.11. The highest BCUT2D eigenvalue weighted by atomic mass is 32.1. The van der Waals surface area contributed by atoms with Crippen molar-refractivity contribution >= 4 is 11.3 Å². The maximum atomic E-state index is 11.3. The van der Waals surface area contributed by atoms with Gasteiger partial charge in [-0.25, -0.2) is 4.98 Å². The molecule has 1 aromatic heterocycles. The summed E-state index contributed by atoms with van der Waals surface area (Å²) in [5, 5.41) is 15.6. The molecule has 2 rings (SSSR count). The van der Waals surface area contributed by atoms with Crippen molar-refractivity contribution in [1.82, 2.24) is 10.3 Å². The van der Waals surface area contributed by atoms with Gasteiger partial charge in [0.1, 0.15) is 10.6 Å². The second kappa shape index (κ2) is 7.50. The molecule has 2 atom stereocenters. The molecule has 114 valence electrons. The van der Waals surface area contributed by atoms with Crippen LogP contribution in [0.3, 0.4) is 0 Å². The van der Waals surface area contributed by atoms with Crippen molar-refractivity contribution in [3.05, 3.63) is 16.1 Å². The highest BCUT2D eigenvalue weighted by Crippen LogP contribution is 2.39. The van der Waals surface area contributed by atoms with E-state index in [1.165, 1.54) is 4.88 Å². The van der Waals surface area contributed by atoms with Gasteiger partial charge in [0.25, 0.3) is 0 Å². The largest absolute Gasteiger partial charge is 0.385 e. The maximum Gasteiger partial charge on any atom is 0.125 e. The average molecular weight is 298 g/mol. The van der Waals surface area contributed by atoms with Crippen molar-refractivity contribution in [2.45, 2.75) is 44.6 Å². The lowest BCUT2D eigenvalue weighted by atomic mass is 9.79. The van der Waals surface area contributed by atoms with E-state index in [2.05, 4.69) is 10.3 Å². The van der Waals surface area contributed by atoms with Crippen molar-refractivity contribution in [3.63, 3.8) is 0 Å². The van der Waals surface area contributed by atoms with Crippen LogP contribution in [0.4, 0.5) is 0 Å². The monoisotopic (exact) mass is 298 g/mol. The molecule has 1 fully saturated rings. The number of thiazole rings is 1. The molecule has 4 nitrogen and oxygen atoms in total. The van der Waals surface area contributed by atoms with E-state index >= 15 is 0 Å². The van der Waals surface area contributed by atoms with Gasteiger partial charge in [0.05, 0.1) is 0 Å². The highest BCUT2D eigenvalue weighted by Gasteiger charge is 2.40. The molecular weight excluding hydrogens is 272 g/mol. The number of methoxy groups -OCH3 is 1. The van der Waals surface area contributed by atoms with Crippen molar-refractivity contribution < 1.29 is 9.84 Å². The SMILES string of the molecule is COCCCC[C@@](O)(c1ncc(C)s1)[C@@H]1CCCNC1. The minimum absolute atomic E-state index is 0.268. The molecule has 2 heterocycles. The van der Waals surface area contributed by atoms with E-state index in [0.717, 1.165) is 56.8 Å². The molecule has 0 unspecified atom stereocenters. The lowest BCUT2D eigenvalue weighted by Crippen LogP contribution is -2.44. The zero-order valence-electron chi connectivity index (χ0n) is 12.5. The van der Waals surface area contributed by atoms with Gasteiger partial charge in [-0.15, -0.1) is 11.3 Å². The van der Waals surface area contributed by atoms with Gasteiger partial charge >= 0.3 is 0 Å². The van der Waals surface area contributed by atoms with Crippen LogP contribution in [0.1, 0.15) is 42.0 Å². The van der Waals surface area contributed by atoms with Crippen LogP contribution >= 0.6 is 11.3 Å². The third-order valence-corrected chi connectivity index (χ3v) is 5.20. The van der Waals surface area contributed by atoms with Crippen molar-refractivity contribution in [3.8, 4) is 0 Å². The van der Waals surface area contributed by atoms with Gasteiger partial charge in [0.2, 0.25) is 0 Å². The Morgan fingerprint density at radius 2 is 2.40 bits per heavy atom. The summed E-state index contributed by atoms with van der Waals surface area (Å²) in [7, 11) is 1.72. The van der Waals surface area contributed by atoms with E-state index < -0.39 is 5.60 Å². The molecule has 2 N–H and O–H groups in total. The van der Waals surface area contributed by atoms with Crippen molar-refractivity contribution in [2.24, 2.45) is 5.92 Å². The second-order valence-corrected chi connectivity index (χ2v) is 6.93. The van der Waals surface area contributed by atoms with Gasteiger partial charge in [0, 0.05) is 37.3 Å². The second-order valence-electron chi connectivity index (χ2n) is 5.69. The number of piperidine rings is 1. The molecule has 0 saturated carbocycles. The fraction of sp³-hybridized carbons (Fsp3) is 0.800. The zero-order valence-corrected chi connectivity index (χ0v) is 13.3. The number of aromatic nitrogens is 1. The molecular formula is C15H26N2O2S. The Hall–Kier alpha value is -0.490. The smallest absolute Gasteiger partial charge is 0.125 e. The minimum atomic E-state index is -0.778. The Bertz CT molecular complexity index is 404. The van der Waals surface area contributed by atoms with E-state index in [9.17, 15) is 5.11 Å². The first-order chi connectivity index (χ1) is 9.66. The van der Waals surface area contributed by atoms with Gasteiger partial charge in [-0.3, -0.25) is 0 Å². The predicted molar refractivity (Wildman–Crippen MR) is 82.1 cm³/mol. The zero-order chi connectivity index (χ0) is 14.4. The molecule has 0 aromatic carbocycles. The molecule has 5 heteroatoms. The van der Waals surface area contributed by atoms with E-state index in [4.69, 9.17) is 4.74 Å². The van der Waals surface area contributed by atoms with Crippen LogP contribution in [0.5, 0.6) is 0 Å². The molecule has 0 aliphatic carbocycles. The Morgan fingerprint density at radius 3 is 3.00 bits per heavy atom. The number of unbranched alkanes of at least 4 members (excludes halogenated alkanes) is 1. The number of nitrogens with one attached hydrogen (secondary N) is 1. The average Bonchev–Trinajstić information content (AvgIpc) is 2.91. The molecule has 0 bridgehead atoms. The third-order valence-electron chi connectivity index (χ3n) is 4.12. The van der Waals surface area contributed by atoms with Gasteiger partial charge in [-0.1, -0.05) is 0 Å². The van der Waals surface area contributed by atoms with Gasteiger partial charge < -0.3 is 15.2 Å². The van der Waals surface area contributed by atoms with Gasteiger partial charge in [0.15, 0.2) is 0 Å². The Morgan fingerprint density at radius 1 is 1.55 bits per heavy atom. The molecule has 1 aromatic rings. The van der Waals surface area contributed by atoms with E-state index in [1.807, 2.05) is 13.1 Å². The van der Waals surface area contributed by atoms with Crippen LogP contribution in [0.2, 0.25) is 0 Å². The normalized spacial score (nSPS) is 22.6. The van der Waals surface area contributed by atoms with Crippen LogP contribution in [0.25, 0.3) is 0 Å². The van der Waals surface area contributed by atoms with Crippen LogP contribution < -0.4 is 5.32 Å². The summed E-state index contributed by atoms with van der Waals surface area (Å²) in [5.41, 5.74) is -0.778. The summed E-state index contributed by atoms with van der Waals surface area (Å²) >= 11 is 1.63. The van der Waals surface area contributed by atoms with E-state index in [-0.39, 0.29) is 5.92 Å². The summed E-state index contributed by atoms with van der Waals surface area (Å²) in [4.78, 5) is 5.64. The molecule has 0 spiro atoms. The fourth-order valence-electron chi connectivity index (χ4n) is 2.94. The summed E-state index contributed by atoms with van der Waals surface area (Å²) in [5.74, 6) is 0.268. The Balaban J connectivity index is 2.09. The first-order valence-electron chi connectivity index (χ1n) is 7.52. The molecule has 20 heavy (non-hydrogen) atoms. The number of hydrogen-bond acceptors (Lipinski definition) is 5.